The minimum absolute atomic E-state index is 0.00525. The number of nitrogens with zero attached hydrogens (tertiary/aromatic N) is 5. The van der Waals surface area contributed by atoms with Crippen LogP contribution in [0.2, 0.25) is 0 Å². The van der Waals surface area contributed by atoms with Crippen LogP contribution >= 0.6 is 0 Å². The lowest BCUT2D eigenvalue weighted by molar-refractivity contribution is -0.120. The third-order valence-corrected chi connectivity index (χ3v) is 6.28. The third-order valence-electron chi connectivity index (χ3n) is 6.28. The van der Waals surface area contributed by atoms with E-state index in [2.05, 4.69) is 42.3 Å². The highest BCUT2D eigenvalue weighted by Gasteiger charge is 2.29. The second-order valence-electron chi connectivity index (χ2n) is 8.32. The number of aromatic nitrogens is 2. The number of anilines is 3. The zero-order chi connectivity index (χ0) is 21.6. The lowest BCUT2D eigenvalue weighted by atomic mass is 10.1. The van der Waals surface area contributed by atoms with E-state index in [0.29, 0.717) is 6.04 Å². The molecule has 0 radical (unpaired) electrons. The second-order valence-corrected chi connectivity index (χ2v) is 8.32. The molecule has 8 heteroatoms. The number of carbonyl (C=O) groups is 1. The first kappa shape index (κ1) is 21.5. The monoisotopic (exact) mass is 424 g/mol. The summed E-state index contributed by atoms with van der Waals surface area (Å²) in [6.07, 6.45) is 3.92. The molecule has 1 amide bonds. The fourth-order valence-corrected chi connectivity index (χ4v) is 4.29. The Kier molecular flexibility index (Phi) is 6.99. The van der Waals surface area contributed by atoms with E-state index in [-0.39, 0.29) is 11.9 Å². The number of nitrogens with one attached hydrogen (secondary N) is 1. The van der Waals surface area contributed by atoms with Gasteiger partial charge in [-0.1, -0.05) is 0 Å². The summed E-state index contributed by atoms with van der Waals surface area (Å²) >= 11 is 0. The van der Waals surface area contributed by atoms with Crippen molar-refractivity contribution in [2.45, 2.75) is 31.8 Å². The highest BCUT2D eigenvalue weighted by Crippen LogP contribution is 2.24. The number of likely N-dealkylation sites (N-methyl/N-ethyl adjacent to an activating group) is 1. The maximum Gasteiger partial charge on any atom is 0.241 e. The molecule has 1 aromatic heterocycles. The van der Waals surface area contributed by atoms with Crippen LogP contribution in [0.1, 0.15) is 19.8 Å². The predicted molar refractivity (Wildman–Crippen MR) is 123 cm³/mol. The molecule has 31 heavy (non-hydrogen) atoms. The van der Waals surface area contributed by atoms with Gasteiger partial charge in [-0.25, -0.2) is 0 Å². The Labute approximate surface area is 184 Å². The van der Waals surface area contributed by atoms with Crippen molar-refractivity contribution >= 4 is 23.1 Å². The molecule has 2 aliphatic heterocycles. The number of amides is 1. The number of ether oxygens (including phenoxy) is 1. The maximum atomic E-state index is 12.9. The molecule has 0 spiro atoms. The largest absolute Gasteiger partial charge is 0.378 e. The Morgan fingerprint density at radius 2 is 2.00 bits per heavy atom. The van der Waals surface area contributed by atoms with Crippen LogP contribution < -0.4 is 15.1 Å². The Balaban J connectivity index is 1.31. The van der Waals surface area contributed by atoms with Gasteiger partial charge in [0.1, 0.15) is 0 Å². The summed E-state index contributed by atoms with van der Waals surface area (Å²) in [5.74, 6) is 0.918. The normalized spacial score (nSPS) is 20.2. The summed E-state index contributed by atoms with van der Waals surface area (Å²) in [7, 11) is 2.01. The average Bonchev–Trinajstić information content (AvgIpc) is 3.28. The van der Waals surface area contributed by atoms with Crippen molar-refractivity contribution in [2.75, 3.05) is 61.6 Å². The minimum Gasteiger partial charge on any atom is -0.378 e. The van der Waals surface area contributed by atoms with Crippen molar-refractivity contribution in [3.63, 3.8) is 0 Å². The molecule has 2 aliphatic rings. The molecule has 2 unspecified atom stereocenters. The lowest BCUT2D eigenvalue weighted by Gasteiger charge is -2.31. The number of rotatable bonds is 7. The van der Waals surface area contributed by atoms with Crippen LogP contribution in [0.25, 0.3) is 0 Å². The molecule has 2 aromatic rings. The quantitative estimate of drug-likeness (QED) is 0.731. The Hall–Kier alpha value is -2.71. The van der Waals surface area contributed by atoms with Gasteiger partial charge in [-0.05, 0) is 63.2 Å². The summed E-state index contributed by atoms with van der Waals surface area (Å²) in [6.45, 7) is 7.07. The standard InChI is InChI=1S/C23H32N6O2/c1-18(27(2)17-21-5-4-12-29(21)22-6-3-11-24-26-22)23(30)25-19-7-9-20(10-8-19)28-13-15-31-16-14-28/h3,6-11,18,21H,4-5,12-17H2,1-2H3,(H,25,30). The Morgan fingerprint density at radius 1 is 1.23 bits per heavy atom. The van der Waals surface area contributed by atoms with Gasteiger partial charge < -0.3 is 19.9 Å². The molecule has 0 saturated carbocycles. The fraction of sp³-hybridized carbons (Fsp3) is 0.522. The molecule has 2 atom stereocenters. The molecule has 4 rings (SSSR count). The summed E-state index contributed by atoms with van der Waals surface area (Å²) in [5.41, 5.74) is 1.99. The van der Waals surface area contributed by atoms with Crippen LogP contribution in [0.3, 0.4) is 0 Å². The van der Waals surface area contributed by atoms with Crippen LogP contribution in [0.15, 0.2) is 42.6 Å². The number of benzene rings is 1. The van der Waals surface area contributed by atoms with Crippen LogP contribution in [0.4, 0.5) is 17.2 Å². The van der Waals surface area contributed by atoms with Crippen molar-refractivity contribution in [3.05, 3.63) is 42.6 Å². The van der Waals surface area contributed by atoms with Crippen LogP contribution in [0.5, 0.6) is 0 Å². The summed E-state index contributed by atoms with van der Waals surface area (Å²) in [4.78, 5) is 19.6. The van der Waals surface area contributed by atoms with Gasteiger partial charge in [0.25, 0.3) is 0 Å². The van der Waals surface area contributed by atoms with Crippen molar-refractivity contribution in [1.82, 2.24) is 15.1 Å². The van der Waals surface area contributed by atoms with Gasteiger partial charge in [0, 0.05) is 49.8 Å². The van der Waals surface area contributed by atoms with E-state index >= 15 is 0 Å². The topological polar surface area (TPSA) is 73.8 Å². The Morgan fingerprint density at radius 3 is 2.71 bits per heavy atom. The van der Waals surface area contributed by atoms with Crippen molar-refractivity contribution in [2.24, 2.45) is 0 Å². The zero-order valence-electron chi connectivity index (χ0n) is 18.4. The SMILES string of the molecule is CC(C(=O)Nc1ccc(N2CCOCC2)cc1)N(C)CC1CCCN1c1cccnn1. The fourth-order valence-electron chi connectivity index (χ4n) is 4.29. The van der Waals surface area contributed by atoms with Gasteiger partial charge in [0.15, 0.2) is 5.82 Å². The van der Waals surface area contributed by atoms with E-state index in [0.717, 1.165) is 69.4 Å². The molecular formula is C23H32N6O2. The van der Waals surface area contributed by atoms with Crippen LogP contribution in [-0.2, 0) is 9.53 Å². The molecule has 8 nitrogen and oxygen atoms in total. The lowest BCUT2D eigenvalue weighted by Crippen LogP contribution is -2.46. The summed E-state index contributed by atoms with van der Waals surface area (Å²) in [6, 6.07) is 12.1. The van der Waals surface area contributed by atoms with Crippen molar-refractivity contribution in [1.29, 1.82) is 0 Å². The highest BCUT2D eigenvalue weighted by molar-refractivity contribution is 5.94. The molecule has 3 heterocycles. The maximum absolute atomic E-state index is 12.9. The predicted octanol–water partition coefficient (Wildman–Crippen LogP) is 2.24. The van der Waals surface area contributed by atoms with Gasteiger partial charge in [-0.3, -0.25) is 9.69 Å². The van der Waals surface area contributed by atoms with Gasteiger partial charge in [0.05, 0.1) is 19.3 Å². The number of morpholine rings is 1. The highest BCUT2D eigenvalue weighted by atomic mass is 16.5. The second kappa shape index (κ2) is 10.1. The van der Waals surface area contributed by atoms with Crippen molar-refractivity contribution < 1.29 is 9.53 Å². The van der Waals surface area contributed by atoms with Gasteiger partial charge in [0.2, 0.25) is 5.91 Å². The molecule has 2 fully saturated rings. The first-order valence-electron chi connectivity index (χ1n) is 11.1. The number of hydrogen-bond donors (Lipinski definition) is 1. The third kappa shape index (κ3) is 5.32. The number of carbonyl (C=O) groups excluding carboxylic acids is 1. The molecule has 0 bridgehead atoms. The smallest absolute Gasteiger partial charge is 0.241 e. The minimum atomic E-state index is -0.233. The molecule has 1 aromatic carbocycles. The molecule has 2 saturated heterocycles. The average molecular weight is 425 g/mol. The van der Waals surface area contributed by atoms with E-state index in [4.69, 9.17) is 4.74 Å². The van der Waals surface area contributed by atoms with E-state index < -0.39 is 0 Å². The van der Waals surface area contributed by atoms with E-state index in [1.165, 1.54) is 0 Å². The Bertz CT molecular complexity index is 841. The zero-order valence-corrected chi connectivity index (χ0v) is 18.4. The van der Waals surface area contributed by atoms with Gasteiger partial charge in [-0.15, -0.1) is 5.10 Å². The first-order valence-corrected chi connectivity index (χ1v) is 11.1. The molecule has 0 aliphatic carbocycles. The summed E-state index contributed by atoms with van der Waals surface area (Å²) in [5, 5.41) is 11.3. The molecular weight excluding hydrogens is 392 g/mol. The first-order chi connectivity index (χ1) is 15.1. The van der Waals surface area contributed by atoms with E-state index in [9.17, 15) is 4.79 Å². The van der Waals surface area contributed by atoms with Crippen LogP contribution in [-0.4, -0.2) is 79.5 Å². The van der Waals surface area contributed by atoms with E-state index in [1.807, 2.05) is 38.2 Å². The van der Waals surface area contributed by atoms with Crippen LogP contribution in [0, 0.1) is 0 Å². The van der Waals surface area contributed by atoms with Gasteiger partial charge >= 0.3 is 0 Å². The number of hydrogen-bond acceptors (Lipinski definition) is 7. The van der Waals surface area contributed by atoms with Gasteiger partial charge in [-0.2, -0.15) is 5.10 Å². The van der Waals surface area contributed by atoms with Crippen molar-refractivity contribution in [3.8, 4) is 0 Å². The molecule has 1 N–H and O–H groups in total. The summed E-state index contributed by atoms with van der Waals surface area (Å²) < 4.78 is 5.41. The molecule has 166 valence electrons. The van der Waals surface area contributed by atoms with E-state index in [1.54, 1.807) is 6.20 Å².